The molecule has 0 amide bonds. The fourth-order valence-electron chi connectivity index (χ4n) is 2.26. The van der Waals surface area contributed by atoms with Gasteiger partial charge in [-0.2, -0.15) is 0 Å². The van der Waals surface area contributed by atoms with E-state index in [2.05, 4.69) is 30.3 Å². The number of benzene rings is 2. The Morgan fingerprint density at radius 1 is 1.05 bits per heavy atom. The van der Waals surface area contributed by atoms with Gasteiger partial charge in [0.2, 0.25) is 0 Å². The molecule has 0 saturated carbocycles. The molecule has 4 heteroatoms. The van der Waals surface area contributed by atoms with Gasteiger partial charge in [0.05, 0.1) is 21.8 Å². The molecule has 2 aliphatic heterocycles. The largest absolute Gasteiger partial charge is 0.497 e. The highest BCUT2D eigenvalue weighted by molar-refractivity contribution is 8.86. The van der Waals surface area contributed by atoms with Crippen molar-refractivity contribution in [2.24, 2.45) is 0 Å². The lowest BCUT2D eigenvalue weighted by Gasteiger charge is -2.07. The average molecular weight is 300 g/mol. The van der Waals surface area contributed by atoms with Crippen molar-refractivity contribution in [3.8, 4) is 11.5 Å². The van der Waals surface area contributed by atoms with Crippen molar-refractivity contribution >= 4 is 30.4 Å². The number of ether oxygens (including phenoxy) is 1. The van der Waals surface area contributed by atoms with Crippen LogP contribution in [0.15, 0.2) is 54.6 Å². The zero-order valence-electron chi connectivity index (χ0n) is 10.8. The Morgan fingerprint density at radius 2 is 1.85 bits per heavy atom. The molecule has 4 rings (SSSR count). The molecule has 2 heterocycles. The van der Waals surface area contributed by atoms with Crippen LogP contribution < -0.4 is 8.92 Å². The SMILES string of the molecule is COc1ccc(C2=CC3=S(Oc4ccccc43)S2)cc1. The first-order chi connectivity index (χ1) is 9.85. The summed E-state index contributed by atoms with van der Waals surface area (Å²) in [6.07, 6.45) is 2.25. The van der Waals surface area contributed by atoms with Gasteiger partial charge in [0.1, 0.15) is 11.5 Å². The minimum Gasteiger partial charge on any atom is -0.497 e. The van der Waals surface area contributed by atoms with Gasteiger partial charge < -0.3 is 8.92 Å². The van der Waals surface area contributed by atoms with Crippen LogP contribution in [0.4, 0.5) is 0 Å². The summed E-state index contributed by atoms with van der Waals surface area (Å²) in [5.41, 5.74) is 2.44. The van der Waals surface area contributed by atoms with Crippen LogP contribution in [0.3, 0.4) is 0 Å². The van der Waals surface area contributed by atoms with Crippen LogP contribution in [0.5, 0.6) is 11.5 Å². The maximum absolute atomic E-state index is 6.00. The van der Waals surface area contributed by atoms with E-state index in [0.29, 0.717) is 0 Å². The number of methoxy groups -OCH3 is 1. The van der Waals surface area contributed by atoms with Gasteiger partial charge >= 0.3 is 0 Å². The fraction of sp³-hybridized carbons (Fsp3) is 0.0625. The standard InChI is InChI=1S/C16H12O2S2/c1-17-12-8-6-11(7-9-12)15-10-16-13-4-2-3-5-14(13)18-20(16)19-15/h2-10H,1H3. The lowest BCUT2D eigenvalue weighted by atomic mass is 10.1. The maximum Gasteiger partial charge on any atom is 0.146 e. The van der Waals surface area contributed by atoms with Crippen molar-refractivity contribution < 1.29 is 8.92 Å². The number of hydrogen-bond donors (Lipinski definition) is 0. The summed E-state index contributed by atoms with van der Waals surface area (Å²) < 4.78 is 11.2. The van der Waals surface area contributed by atoms with E-state index < -0.39 is 0 Å². The third kappa shape index (κ3) is 1.87. The summed E-state index contributed by atoms with van der Waals surface area (Å²) in [5.74, 6) is 1.89. The first-order valence-electron chi connectivity index (χ1n) is 6.28. The Morgan fingerprint density at radius 3 is 2.65 bits per heavy atom. The van der Waals surface area contributed by atoms with Crippen LogP contribution in [-0.4, -0.2) is 12.0 Å². The molecular weight excluding hydrogens is 288 g/mol. The zero-order valence-corrected chi connectivity index (χ0v) is 12.5. The predicted octanol–water partition coefficient (Wildman–Crippen LogP) is 4.49. The summed E-state index contributed by atoms with van der Waals surface area (Å²) in [7, 11) is 3.29. The Kier molecular flexibility index (Phi) is 2.86. The molecular formula is C16H12O2S2. The van der Waals surface area contributed by atoms with Crippen LogP contribution in [0.2, 0.25) is 0 Å². The Bertz CT molecular complexity index is 745. The Balaban J connectivity index is 1.68. The van der Waals surface area contributed by atoms with E-state index in [0.717, 1.165) is 11.5 Å². The monoisotopic (exact) mass is 300 g/mol. The van der Waals surface area contributed by atoms with Crippen molar-refractivity contribution in [2.45, 2.75) is 0 Å². The molecule has 0 fully saturated rings. The fourth-order valence-corrected chi connectivity index (χ4v) is 5.91. The minimum absolute atomic E-state index is 0.193. The second-order valence-electron chi connectivity index (χ2n) is 4.50. The van der Waals surface area contributed by atoms with Gasteiger partial charge in [-0.15, -0.1) is 0 Å². The molecule has 0 saturated heterocycles. The molecule has 100 valence electrons. The van der Waals surface area contributed by atoms with E-state index in [-0.39, 0.29) is 9.80 Å². The normalized spacial score (nSPS) is 19.1. The molecule has 0 aliphatic carbocycles. The lowest BCUT2D eigenvalue weighted by Crippen LogP contribution is -1.89. The average Bonchev–Trinajstić information content (AvgIpc) is 3.05. The molecule has 1 unspecified atom stereocenters. The van der Waals surface area contributed by atoms with E-state index >= 15 is 0 Å². The third-order valence-corrected chi connectivity index (χ3v) is 6.75. The number of hydrogen-bond acceptors (Lipinski definition) is 3. The highest BCUT2D eigenvalue weighted by Crippen LogP contribution is 2.55. The van der Waals surface area contributed by atoms with Crippen LogP contribution >= 0.6 is 20.6 Å². The lowest BCUT2D eigenvalue weighted by molar-refractivity contribution is 0.415. The first kappa shape index (κ1) is 12.1. The van der Waals surface area contributed by atoms with Crippen molar-refractivity contribution in [1.29, 1.82) is 0 Å². The number of fused-ring (bicyclic) bond motifs is 2. The molecule has 0 radical (unpaired) electrons. The molecule has 20 heavy (non-hydrogen) atoms. The van der Waals surface area contributed by atoms with E-state index in [9.17, 15) is 0 Å². The molecule has 1 atom stereocenters. The van der Waals surface area contributed by atoms with Gasteiger partial charge in [-0.3, -0.25) is 0 Å². The van der Waals surface area contributed by atoms with E-state index in [1.807, 2.05) is 24.3 Å². The molecule has 0 aromatic heterocycles. The summed E-state index contributed by atoms with van der Waals surface area (Å²) >= 11 is 0. The molecule has 0 spiro atoms. The predicted molar refractivity (Wildman–Crippen MR) is 87.3 cm³/mol. The minimum atomic E-state index is -0.193. The van der Waals surface area contributed by atoms with Crippen LogP contribution in [0.1, 0.15) is 11.1 Å². The van der Waals surface area contributed by atoms with Crippen molar-refractivity contribution in [3.63, 3.8) is 0 Å². The van der Waals surface area contributed by atoms with Gasteiger partial charge in [-0.05, 0) is 46.7 Å². The Hall–Kier alpha value is -1.65. The maximum atomic E-state index is 6.00. The van der Waals surface area contributed by atoms with Crippen LogP contribution in [-0.2, 0) is 0 Å². The quantitative estimate of drug-likeness (QED) is 0.601. The van der Waals surface area contributed by atoms with Crippen molar-refractivity contribution in [2.75, 3.05) is 7.11 Å². The Labute approximate surface area is 124 Å². The third-order valence-electron chi connectivity index (χ3n) is 3.30. The number of para-hydroxylation sites is 1. The van der Waals surface area contributed by atoms with Crippen molar-refractivity contribution in [3.05, 3.63) is 65.7 Å². The summed E-state index contributed by atoms with van der Waals surface area (Å²) in [4.78, 5) is 2.57. The smallest absolute Gasteiger partial charge is 0.146 e. The molecule has 2 aromatic carbocycles. The summed E-state index contributed by atoms with van der Waals surface area (Å²) in [6.45, 7) is 0. The van der Waals surface area contributed by atoms with E-state index in [4.69, 9.17) is 8.92 Å². The van der Waals surface area contributed by atoms with Crippen LogP contribution in [0.25, 0.3) is 4.91 Å². The van der Waals surface area contributed by atoms with Gasteiger partial charge in [-0.1, -0.05) is 24.3 Å². The van der Waals surface area contributed by atoms with Gasteiger partial charge in [-0.25, -0.2) is 0 Å². The molecule has 2 aromatic rings. The van der Waals surface area contributed by atoms with E-state index in [1.165, 1.54) is 20.9 Å². The highest BCUT2D eigenvalue weighted by atomic mass is 33.1. The van der Waals surface area contributed by atoms with Gasteiger partial charge in [0.25, 0.3) is 0 Å². The second kappa shape index (κ2) is 4.72. The topological polar surface area (TPSA) is 18.5 Å². The van der Waals surface area contributed by atoms with Crippen LogP contribution in [0, 0.1) is 0 Å². The molecule has 2 nitrogen and oxygen atoms in total. The second-order valence-corrected chi connectivity index (χ2v) is 7.59. The van der Waals surface area contributed by atoms with Crippen molar-refractivity contribution in [1.82, 2.24) is 0 Å². The number of allylic oxidation sites excluding steroid dienone is 1. The van der Waals surface area contributed by atoms with Gasteiger partial charge in [0, 0.05) is 10.5 Å². The summed E-state index contributed by atoms with van der Waals surface area (Å²) in [6, 6.07) is 16.4. The molecule has 0 N–H and O–H groups in total. The molecule has 0 bridgehead atoms. The highest BCUT2D eigenvalue weighted by Gasteiger charge is 2.28. The van der Waals surface area contributed by atoms with E-state index in [1.54, 1.807) is 17.9 Å². The summed E-state index contributed by atoms with van der Waals surface area (Å²) in [5, 5.41) is 0. The first-order valence-corrected chi connectivity index (χ1v) is 8.77. The molecule has 2 aliphatic rings. The van der Waals surface area contributed by atoms with Gasteiger partial charge in [0.15, 0.2) is 0 Å². The zero-order chi connectivity index (χ0) is 13.5. The number of rotatable bonds is 2.